The molecule has 1 aromatic rings. The van der Waals surface area contributed by atoms with Gasteiger partial charge in [0.15, 0.2) is 0 Å². The lowest BCUT2D eigenvalue weighted by molar-refractivity contribution is -0.142. The van der Waals surface area contributed by atoms with Gasteiger partial charge in [0.25, 0.3) is 0 Å². The quantitative estimate of drug-likeness (QED) is 0.813. The Morgan fingerprint density at radius 3 is 2.81 bits per heavy atom. The van der Waals surface area contributed by atoms with Gasteiger partial charge < -0.3 is 10.4 Å². The van der Waals surface area contributed by atoms with Crippen molar-refractivity contribution < 1.29 is 14.7 Å². The molecule has 5 heteroatoms. The van der Waals surface area contributed by atoms with Crippen molar-refractivity contribution in [1.82, 2.24) is 5.32 Å². The highest BCUT2D eigenvalue weighted by Crippen LogP contribution is 2.32. The molecule has 1 heterocycles. The maximum Gasteiger partial charge on any atom is 0.326 e. The number of carbonyl (C=O) groups is 2. The second-order valence-corrected chi connectivity index (χ2v) is 4.81. The van der Waals surface area contributed by atoms with Crippen molar-refractivity contribution in [2.24, 2.45) is 5.92 Å². The lowest BCUT2D eigenvalue weighted by Crippen LogP contribution is -2.43. The summed E-state index contributed by atoms with van der Waals surface area (Å²) < 4.78 is 0. The van der Waals surface area contributed by atoms with Crippen LogP contribution in [0, 0.1) is 5.92 Å². The number of hydrogen-bond donors (Lipinski definition) is 2. The predicted octanol–water partition coefficient (Wildman–Crippen LogP) is 1.27. The number of carbonyl (C=O) groups excluding carboxylic acids is 1. The van der Waals surface area contributed by atoms with Crippen molar-refractivity contribution in [3.8, 4) is 0 Å². The summed E-state index contributed by atoms with van der Waals surface area (Å²) in [5.41, 5.74) is 0.933. The molecule has 1 unspecified atom stereocenters. The number of hydrogen-bond acceptors (Lipinski definition) is 3. The minimum Gasteiger partial charge on any atom is -0.480 e. The summed E-state index contributed by atoms with van der Waals surface area (Å²) in [5, 5.41) is 15.3. The molecule has 1 aromatic heterocycles. The number of thiophene rings is 1. The second-order valence-electron chi connectivity index (χ2n) is 4.03. The van der Waals surface area contributed by atoms with Crippen molar-refractivity contribution in [1.29, 1.82) is 0 Å². The van der Waals surface area contributed by atoms with E-state index in [1.807, 2.05) is 16.8 Å². The van der Waals surface area contributed by atoms with Gasteiger partial charge >= 0.3 is 5.97 Å². The zero-order valence-electron chi connectivity index (χ0n) is 8.68. The minimum absolute atomic E-state index is 0.129. The van der Waals surface area contributed by atoms with Gasteiger partial charge in [-0.05, 0) is 41.1 Å². The SMILES string of the molecule is O=C(Cc1ccsc1)NC(C(=O)O)C1CC1. The van der Waals surface area contributed by atoms with Gasteiger partial charge in [0.2, 0.25) is 5.91 Å². The average molecular weight is 239 g/mol. The van der Waals surface area contributed by atoms with Crippen LogP contribution >= 0.6 is 11.3 Å². The molecule has 1 aliphatic rings. The van der Waals surface area contributed by atoms with E-state index in [0.717, 1.165) is 18.4 Å². The molecule has 0 aliphatic heterocycles. The van der Waals surface area contributed by atoms with Crippen LogP contribution in [0.4, 0.5) is 0 Å². The molecule has 0 aromatic carbocycles. The molecule has 4 nitrogen and oxygen atoms in total. The van der Waals surface area contributed by atoms with Crippen LogP contribution in [0.2, 0.25) is 0 Å². The van der Waals surface area contributed by atoms with E-state index in [2.05, 4.69) is 5.32 Å². The van der Waals surface area contributed by atoms with Gasteiger partial charge in [0.05, 0.1) is 6.42 Å². The Labute approximate surface area is 97.3 Å². The summed E-state index contributed by atoms with van der Waals surface area (Å²) in [7, 11) is 0. The maximum absolute atomic E-state index is 11.6. The van der Waals surface area contributed by atoms with E-state index in [9.17, 15) is 9.59 Å². The summed E-state index contributed by atoms with van der Waals surface area (Å²) in [6.45, 7) is 0. The van der Waals surface area contributed by atoms with Gasteiger partial charge in [-0.3, -0.25) is 4.79 Å². The standard InChI is InChI=1S/C11H13NO3S/c13-9(5-7-3-4-16-6-7)12-10(11(14)15)8-1-2-8/h3-4,6,8,10H,1-2,5H2,(H,12,13)(H,14,15). The maximum atomic E-state index is 11.6. The molecule has 1 aliphatic carbocycles. The van der Waals surface area contributed by atoms with E-state index in [1.54, 1.807) is 0 Å². The molecular formula is C11H13NO3S. The van der Waals surface area contributed by atoms with Gasteiger partial charge in [-0.25, -0.2) is 4.79 Å². The molecule has 16 heavy (non-hydrogen) atoms. The monoisotopic (exact) mass is 239 g/mol. The molecule has 1 saturated carbocycles. The van der Waals surface area contributed by atoms with E-state index in [4.69, 9.17) is 5.11 Å². The highest BCUT2D eigenvalue weighted by atomic mass is 32.1. The van der Waals surface area contributed by atoms with Crippen LogP contribution in [0.5, 0.6) is 0 Å². The fourth-order valence-corrected chi connectivity index (χ4v) is 2.28. The third-order valence-electron chi connectivity index (χ3n) is 2.62. The van der Waals surface area contributed by atoms with Crippen LogP contribution < -0.4 is 5.32 Å². The first kappa shape index (κ1) is 11.1. The van der Waals surface area contributed by atoms with Crippen LogP contribution in [0.15, 0.2) is 16.8 Å². The van der Waals surface area contributed by atoms with E-state index < -0.39 is 12.0 Å². The fourth-order valence-electron chi connectivity index (χ4n) is 1.61. The average Bonchev–Trinajstić information content (AvgIpc) is 2.94. The number of carboxylic acids is 1. The third kappa shape index (κ3) is 2.82. The summed E-state index contributed by atoms with van der Waals surface area (Å²) in [6, 6.07) is 1.17. The van der Waals surface area contributed by atoms with Crippen molar-refractivity contribution >= 4 is 23.2 Å². The van der Waals surface area contributed by atoms with Gasteiger partial charge in [0, 0.05) is 0 Å². The molecule has 0 spiro atoms. The van der Waals surface area contributed by atoms with Gasteiger partial charge in [-0.1, -0.05) is 0 Å². The summed E-state index contributed by atoms with van der Waals surface area (Å²) in [5.74, 6) is -1.01. The first-order valence-corrected chi connectivity index (χ1v) is 6.14. The fraction of sp³-hybridized carbons (Fsp3) is 0.455. The molecule has 1 atom stereocenters. The number of rotatable bonds is 5. The van der Waals surface area contributed by atoms with E-state index >= 15 is 0 Å². The zero-order valence-corrected chi connectivity index (χ0v) is 9.50. The van der Waals surface area contributed by atoms with E-state index in [1.165, 1.54) is 11.3 Å². The van der Waals surface area contributed by atoms with Crippen LogP contribution in [0.3, 0.4) is 0 Å². The summed E-state index contributed by atoms with van der Waals surface area (Å²) in [6.07, 6.45) is 2.06. The smallest absolute Gasteiger partial charge is 0.326 e. The number of nitrogens with one attached hydrogen (secondary N) is 1. The molecule has 1 fully saturated rings. The highest BCUT2D eigenvalue weighted by Gasteiger charge is 2.37. The normalized spacial score (nSPS) is 16.8. The van der Waals surface area contributed by atoms with Crippen LogP contribution in [-0.2, 0) is 16.0 Å². The Bertz CT molecular complexity index is 384. The molecule has 0 saturated heterocycles. The van der Waals surface area contributed by atoms with Gasteiger partial charge in [-0.15, -0.1) is 0 Å². The molecule has 1 amide bonds. The van der Waals surface area contributed by atoms with Crippen molar-refractivity contribution in [3.63, 3.8) is 0 Å². The Morgan fingerprint density at radius 1 is 1.56 bits per heavy atom. The molecule has 0 bridgehead atoms. The Balaban J connectivity index is 1.88. The Morgan fingerprint density at radius 2 is 2.31 bits per heavy atom. The van der Waals surface area contributed by atoms with Gasteiger partial charge in [0.1, 0.15) is 6.04 Å². The Kier molecular flexibility index (Phi) is 3.24. The first-order valence-electron chi connectivity index (χ1n) is 5.20. The summed E-state index contributed by atoms with van der Waals surface area (Å²) in [4.78, 5) is 22.5. The number of carboxylic acid groups (broad SMARTS) is 1. The number of amides is 1. The summed E-state index contributed by atoms with van der Waals surface area (Å²) >= 11 is 1.53. The lowest BCUT2D eigenvalue weighted by atomic mass is 10.1. The topological polar surface area (TPSA) is 66.4 Å². The lowest BCUT2D eigenvalue weighted by Gasteiger charge is -2.12. The first-order chi connectivity index (χ1) is 7.66. The number of aliphatic carboxylic acids is 1. The zero-order chi connectivity index (χ0) is 11.5. The largest absolute Gasteiger partial charge is 0.480 e. The van der Waals surface area contributed by atoms with E-state index in [-0.39, 0.29) is 18.2 Å². The second kappa shape index (κ2) is 4.65. The molecule has 86 valence electrons. The van der Waals surface area contributed by atoms with Crippen LogP contribution in [0.1, 0.15) is 18.4 Å². The highest BCUT2D eigenvalue weighted by molar-refractivity contribution is 7.07. The third-order valence-corrected chi connectivity index (χ3v) is 3.35. The molecule has 2 N–H and O–H groups in total. The van der Waals surface area contributed by atoms with Crippen molar-refractivity contribution in [3.05, 3.63) is 22.4 Å². The minimum atomic E-state index is -0.929. The Hall–Kier alpha value is -1.36. The molecular weight excluding hydrogens is 226 g/mol. The molecule has 0 radical (unpaired) electrons. The van der Waals surface area contributed by atoms with Crippen molar-refractivity contribution in [2.45, 2.75) is 25.3 Å². The predicted molar refractivity (Wildman–Crippen MR) is 60.3 cm³/mol. The van der Waals surface area contributed by atoms with Gasteiger partial charge in [-0.2, -0.15) is 11.3 Å². The molecule has 2 rings (SSSR count). The van der Waals surface area contributed by atoms with Crippen LogP contribution in [-0.4, -0.2) is 23.0 Å². The van der Waals surface area contributed by atoms with Crippen LogP contribution in [0.25, 0.3) is 0 Å². The van der Waals surface area contributed by atoms with Crippen molar-refractivity contribution in [2.75, 3.05) is 0 Å². The van der Waals surface area contributed by atoms with E-state index in [0.29, 0.717) is 0 Å².